The third-order valence-electron chi connectivity index (χ3n) is 9.59. The number of hydrogen-bond donors (Lipinski definition) is 0. The maximum absolute atomic E-state index is 13.2. The molecular formula is C41H50N6O21. The van der Waals surface area contributed by atoms with Gasteiger partial charge in [0.05, 0.1) is 46.4 Å². The summed E-state index contributed by atoms with van der Waals surface area (Å²) < 4.78 is 37.7. The third kappa shape index (κ3) is 15.4. The molecule has 2 aromatic heterocycles. The molecule has 2 heterocycles. The van der Waals surface area contributed by atoms with Gasteiger partial charge in [-0.05, 0) is 19.8 Å². The van der Waals surface area contributed by atoms with Crippen molar-refractivity contribution in [2.75, 3.05) is 46.8 Å². The fraction of sp³-hybridized carbons (Fsp3) is 0.463. The summed E-state index contributed by atoms with van der Waals surface area (Å²) in [6.07, 6.45) is 0.874. The molecule has 27 heteroatoms. The number of nitrogens with zero attached hydrogens (tertiary/aromatic N) is 6. The van der Waals surface area contributed by atoms with Gasteiger partial charge in [-0.15, -0.1) is 0 Å². The first-order chi connectivity index (χ1) is 32.2. The summed E-state index contributed by atoms with van der Waals surface area (Å²) in [6.45, 7) is 7.25. The van der Waals surface area contributed by atoms with E-state index in [0.717, 1.165) is 38.3 Å². The first-order valence-corrected chi connectivity index (χ1v) is 20.2. The van der Waals surface area contributed by atoms with Crippen molar-refractivity contribution in [2.45, 2.75) is 71.9 Å². The van der Waals surface area contributed by atoms with E-state index in [4.69, 9.17) is 33.2 Å². The fourth-order valence-corrected chi connectivity index (χ4v) is 6.00. The van der Waals surface area contributed by atoms with E-state index in [2.05, 4.69) is 26.3 Å². The lowest BCUT2D eigenvalue weighted by Crippen LogP contribution is -2.55. The summed E-state index contributed by atoms with van der Waals surface area (Å²) >= 11 is 0. The van der Waals surface area contributed by atoms with E-state index in [1.165, 1.54) is 0 Å². The van der Waals surface area contributed by atoms with Gasteiger partial charge in [0, 0.05) is 37.1 Å². The summed E-state index contributed by atoms with van der Waals surface area (Å²) in [5, 5.41) is 0. The Kier molecular flexibility index (Phi) is 22.4. The normalized spacial score (nSPS) is 10.7. The van der Waals surface area contributed by atoms with Gasteiger partial charge in [0.25, 0.3) is 0 Å². The summed E-state index contributed by atoms with van der Waals surface area (Å²) in [4.78, 5) is 177. The smallest absolute Gasteiger partial charge is 0.336 e. The summed E-state index contributed by atoms with van der Waals surface area (Å²) in [6, 6.07) is 0. The SMILES string of the molecule is C=CC(=O)OCCn1c(=O)n(CCOC(=O)C=C)c(=O)n(CCOC(=O)CCC(CCC(=O)OCCn2c(=O)n(CCOC(=O)C=C)c(=O)n(CCOC(=O)C=C)c2=O)(C(C)=O)C(=O)OC)c1=O. The van der Waals surface area contributed by atoms with Gasteiger partial charge >= 0.3 is 75.9 Å². The average molecular weight is 963 g/mol. The van der Waals surface area contributed by atoms with Crippen LogP contribution in [-0.2, 0) is 111 Å². The van der Waals surface area contributed by atoms with Crippen LogP contribution >= 0.6 is 0 Å². The maximum Gasteiger partial charge on any atom is 0.336 e. The molecule has 0 saturated heterocycles. The Morgan fingerprint density at radius 2 is 0.647 bits per heavy atom. The number of ketones is 1. The Bertz CT molecular complexity index is 2370. The minimum absolute atomic E-state index is 0.492. The van der Waals surface area contributed by atoms with Crippen LogP contribution in [0.2, 0.25) is 0 Å². The minimum atomic E-state index is -2.12. The van der Waals surface area contributed by atoms with Crippen LogP contribution in [-0.4, -0.2) is 122 Å². The maximum atomic E-state index is 13.2. The predicted molar refractivity (Wildman–Crippen MR) is 229 cm³/mol. The molecule has 0 radical (unpaired) electrons. The lowest BCUT2D eigenvalue weighted by atomic mass is 9.75. The molecule has 0 saturated carbocycles. The second kappa shape index (κ2) is 27.3. The van der Waals surface area contributed by atoms with Crippen molar-refractivity contribution in [3.05, 3.63) is 114 Å². The Balaban J connectivity index is 2.23. The van der Waals surface area contributed by atoms with Crippen molar-refractivity contribution in [3.8, 4) is 0 Å². The van der Waals surface area contributed by atoms with E-state index in [1.807, 2.05) is 0 Å². The van der Waals surface area contributed by atoms with Gasteiger partial charge in [0.1, 0.15) is 50.8 Å². The highest BCUT2D eigenvalue weighted by molar-refractivity contribution is 6.03. The zero-order valence-electron chi connectivity index (χ0n) is 37.2. The molecule has 0 atom stereocenters. The largest absolute Gasteiger partial charge is 0.468 e. The fourth-order valence-electron chi connectivity index (χ4n) is 6.00. The zero-order chi connectivity index (χ0) is 51.1. The van der Waals surface area contributed by atoms with E-state index in [1.54, 1.807) is 0 Å². The lowest BCUT2D eigenvalue weighted by molar-refractivity contribution is -0.160. The van der Waals surface area contributed by atoms with E-state index in [-0.39, 0.29) is 0 Å². The van der Waals surface area contributed by atoms with Crippen molar-refractivity contribution >= 4 is 47.6 Å². The number of Topliss-reactive ketones (excluding diaryl/α,β-unsaturated/α-hetero) is 1. The number of aromatic nitrogens is 6. The molecule has 0 fully saturated rings. The zero-order valence-corrected chi connectivity index (χ0v) is 37.2. The van der Waals surface area contributed by atoms with Gasteiger partial charge in [-0.1, -0.05) is 26.3 Å². The molecule has 2 aromatic rings. The molecule has 0 aliphatic heterocycles. The molecule has 0 aliphatic carbocycles. The van der Waals surface area contributed by atoms with Crippen LogP contribution in [0.15, 0.2) is 79.4 Å². The van der Waals surface area contributed by atoms with Crippen LogP contribution in [0.5, 0.6) is 0 Å². The molecule has 0 spiro atoms. The van der Waals surface area contributed by atoms with Gasteiger partial charge in [0.15, 0.2) is 0 Å². The summed E-state index contributed by atoms with van der Waals surface area (Å²) in [7, 11) is 0.949. The molecule has 0 amide bonds. The molecule has 0 aliphatic rings. The van der Waals surface area contributed by atoms with E-state index < -0.39 is 192 Å². The molecule has 2 rings (SSSR count). The van der Waals surface area contributed by atoms with Gasteiger partial charge in [0.2, 0.25) is 0 Å². The monoisotopic (exact) mass is 962 g/mol. The molecule has 370 valence electrons. The van der Waals surface area contributed by atoms with Gasteiger partial charge < -0.3 is 33.2 Å². The van der Waals surface area contributed by atoms with Gasteiger partial charge in [-0.25, -0.2) is 75.3 Å². The quantitative estimate of drug-likeness (QED) is 0.0320. The number of ether oxygens (including phenoxy) is 7. The van der Waals surface area contributed by atoms with E-state index in [9.17, 15) is 67.1 Å². The average Bonchev–Trinajstić information content (AvgIpc) is 3.32. The van der Waals surface area contributed by atoms with Crippen LogP contribution in [0.3, 0.4) is 0 Å². The highest BCUT2D eigenvalue weighted by Crippen LogP contribution is 2.33. The second-order valence-electron chi connectivity index (χ2n) is 13.7. The van der Waals surface area contributed by atoms with Crippen molar-refractivity contribution in [1.29, 1.82) is 0 Å². The van der Waals surface area contributed by atoms with Crippen LogP contribution < -0.4 is 34.1 Å². The Morgan fingerprint density at radius 1 is 0.426 bits per heavy atom. The topological polar surface area (TPSA) is 333 Å². The van der Waals surface area contributed by atoms with Crippen LogP contribution in [0, 0.1) is 5.41 Å². The van der Waals surface area contributed by atoms with Crippen molar-refractivity contribution in [3.63, 3.8) is 0 Å². The molecular weight excluding hydrogens is 912 g/mol. The number of methoxy groups -OCH3 is 1. The second-order valence-corrected chi connectivity index (χ2v) is 13.7. The molecule has 27 nitrogen and oxygen atoms in total. The molecule has 68 heavy (non-hydrogen) atoms. The molecule has 0 bridgehead atoms. The van der Waals surface area contributed by atoms with E-state index in [0.29, 0.717) is 27.4 Å². The number of hydrogen-bond acceptors (Lipinski definition) is 21. The number of carbonyl (C=O) groups is 8. The number of carbonyl (C=O) groups excluding carboxylic acids is 8. The first kappa shape index (κ1) is 55.9. The highest BCUT2D eigenvalue weighted by Gasteiger charge is 2.45. The lowest BCUT2D eigenvalue weighted by Gasteiger charge is -2.27. The minimum Gasteiger partial charge on any atom is -0.468 e. The Labute approximate surface area is 383 Å². The van der Waals surface area contributed by atoms with Crippen molar-refractivity contribution in [2.24, 2.45) is 5.41 Å². The van der Waals surface area contributed by atoms with Gasteiger partial charge in [-0.2, -0.15) is 0 Å². The highest BCUT2D eigenvalue weighted by atomic mass is 16.6. The molecule has 0 N–H and O–H groups in total. The van der Waals surface area contributed by atoms with Crippen molar-refractivity contribution < 1.29 is 71.5 Å². The first-order valence-electron chi connectivity index (χ1n) is 20.2. The number of rotatable bonds is 30. The molecule has 0 unspecified atom stereocenters. The standard InChI is InChI=1S/C41H50N6O21/c1-7-28(49)63-21-15-42-35(56)43(16-22-64-29(50)8-2)38(59)46(37(42)58)19-25-67-32(53)11-13-41(27(5)48,34(55)62-6)14-12-33(54)68-26-20-47-39(60)44(17-23-65-30(51)9-3)36(57)45(40(47)61)18-24-66-31(52)10-4/h7-10H,1-4,11-26H2,5-6H3. The molecule has 0 aromatic carbocycles. The Hall–Kier alpha value is -8.26. The third-order valence-corrected chi connectivity index (χ3v) is 9.59. The van der Waals surface area contributed by atoms with Gasteiger partial charge in [-0.3, -0.25) is 19.2 Å². The van der Waals surface area contributed by atoms with Crippen LogP contribution in [0.4, 0.5) is 0 Å². The Morgan fingerprint density at radius 3 is 0.838 bits per heavy atom. The van der Waals surface area contributed by atoms with Crippen LogP contribution in [0.1, 0.15) is 32.6 Å². The predicted octanol–water partition coefficient (Wildman–Crippen LogP) is -3.33. The summed E-state index contributed by atoms with van der Waals surface area (Å²) in [5.74, 6) is -7.54. The van der Waals surface area contributed by atoms with E-state index >= 15 is 0 Å². The summed E-state index contributed by atoms with van der Waals surface area (Å²) in [5.41, 5.74) is -9.13. The van der Waals surface area contributed by atoms with Crippen LogP contribution in [0.25, 0.3) is 0 Å². The van der Waals surface area contributed by atoms with Crippen molar-refractivity contribution in [1.82, 2.24) is 27.4 Å². The number of esters is 7.